The maximum Gasteiger partial charge on any atom is 0.410 e. The monoisotopic (exact) mass is 414 g/mol. The van der Waals surface area contributed by atoms with Crippen LogP contribution in [0.25, 0.3) is 0 Å². The third-order valence-electron chi connectivity index (χ3n) is 4.22. The molecule has 4 nitrogen and oxygen atoms in total. The number of hydrogen-bond donors (Lipinski definition) is 1. The highest BCUT2D eigenvalue weighted by Gasteiger charge is 2.27. The van der Waals surface area contributed by atoms with E-state index in [1.807, 2.05) is 25.7 Å². The van der Waals surface area contributed by atoms with Crippen LogP contribution in [0.4, 0.5) is 9.18 Å². The quantitative estimate of drug-likeness (QED) is 0.708. The Balaban J connectivity index is 1.73. The summed E-state index contributed by atoms with van der Waals surface area (Å²) in [5, 5.41) is 3.30. The average molecular weight is 415 g/mol. The van der Waals surface area contributed by atoms with E-state index in [1.54, 1.807) is 12.1 Å². The van der Waals surface area contributed by atoms with Crippen LogP contribution in [0.15, 0.2) is 22.7 Å². The van der Waals surface area contributed by atoms with Gasteiger partial charge in [0.15, 0.2) is 0 Å². The predicted molar refractivity (Wildman–Crippen MR) is 101 cm³/mol. The van der Waals surface area contributed by atoms with E-state index in [0.29, 0.717) is 18.0 Å². The smallest absolute Gasteiger partial charge is 0.410 e. The standard InChI is InChI=1S/C19H28BrFN2O2/c1-19(2,3)25-18(24)23-10-4-5-14(13-23)8-9-22-12-15-11-16(20)6-7-17(15)21/h6-7,11,14,22H,4-5,8-10,12-13H2,1-3H3. The first-order valence-corrected chi connectivity index (χ1v) is 9.66. The van der Waals surface area contributed by atoms with E-state index in [-0.39, 0.29) is 11.9 Å². The highest BCUT2D eigenvalue weighted by Crippen LogP contribution is 2.21. The minimum atomic E-state index is -0.459. The van der Waals surface area contributed by atoms with E-state index in [4.69, 9.17) is 4.74 Å². The maximum absolute atomic E-state index is 13.7. The molecule has 2 rings (SSSR count). The molecule has 25 heavy (non-hydrogen) atoms. The lowest BCUT2D eigenvalue weighted by Gasteiger charge is -2.34. The van der Waals surface area contributed by atoms with Gasteiger partial charge in [0, 0.05) is 29.7 Å². The predicted octanol–water partition coefficient (Wildman–Crippen LogP) is 4.72. The lowest BCUT2D eigenvalue weighted by Crippen LogP contribution is -2.43. The van der Waals surface area contributed by atoms with Gasteiger partial charge in [-0.1, -0.05) is 15.9 Å². The number of amides is 1. The molecule has 1 N–H and O–H groups in total. The Kier molecular flexibility index (Phi) is 7.25. The number of piperidine rings is 1. The summed E-state index contributed by atoms with van der Waals surface area (Å²) in [5.41, 5.74) is 0.202. The molecule has 1 fully saturated rings. The Morgan fingerprint density at radius 3 is 2.92 bits per heavy atom. The molecule has 0 bridgehead atoms. The second-order valence-corrected chi connectivity index (χ2v) is 8.55. The van der Waals surface area contributed by atoms with E-state index in [0.717, 1.165) is 43.4 Å². The fourth-order valence-corrected chi connectivity index (χ4v) is 3.41. The number of rotatable bonds is 5. The van der Waals surface area contributed by atoms with E-state index in [1.165, 1.54) is 6.07 Å². The zero-order chi connectivity index (χ0) is 18.4. The fourth-order valence-electron chi connectivity index (χ4n) is 3.00. The van der Waals surface area contributed by atoms with Crippen molar-refractivity contribution in [1.29, 1.82) is 0 Å². The van der Waals surface area contributed by atoms with Crippen LogP contribution < -0.4 is 5.32 Å². The minimum Gasteiger partial charge on any atom is -0.444 e. The van der Waals surface area contributed by atoms with Crippen LogP contribution in [-0.4, -0.2) is 36.2 Å². The van der Waals surface area contributed by atoms with Gasteiger partial charge in [0.1, 0.15) is 11.4 Å². The van der Waals surface area contributed by atoms with Crippen molar-refractivity contribution in [3.8, 4) is 0 Å². The summed E-state index contributed by atoms with van der Waals surface area (Å²) in [6, 6.07) is 4.97. The molecule has 140 valence electrons. The number of halogens is 2. The molecule has 6 heteroatoms. The lowest BCUT2D eigenvalue weighted by atomic mass is 9.95. The summed E-state index contributed by atoms with van der Waals surface area (Å²) in [6.45, 7) is 8.47. The molecule has 1 amide bonds. The number of hydrogen-bond acceptors (Lipinski definition) is 3. The lowest BCUT2D eigenvalue weighted by molar-refractivity contribution is 0.0162. The van der Waals surface area contributed by atoms with Crippen LogP contribution >= 0.6 is 15.9 Å². The van der Waals surface area contributed by atoms with Crippen LogP contribution in [0.1, 0.15) is 45.6 Å². The molecule has 1 heterocycles. The van der Waals surface area contributed by atoms with Gasteiger partial charge in [-0.05, 0) is 70.7 Å². The van der Waals surface area contributed by atoms with E-state index >= 15 is 0 Å². The van der Waals surface area contributed by atoms with Crippen LogP contribution in [0.3, 0.4) is 0 Å². The normalized spacial score (nSPS) is 18.3. The number of ether oxygens (including phenoxy) is 1. The molecule has 1 saturated heterocycles. The first kappa shape index (κ1) is 20.2. The molecular weight excluding hydrogens is 387 g/mol. The molecule has 1 aliphatic rings. The van der Waals surface area contributed by atoms with Crippen molar-refractivity contribution in [2.24, 2.45) is 5.92 Å². The number of nitrogens with one attached hydrogen (secondary N) is 1. The second kappa shape index (κ2) is 8.99. The number of benzene rings is 1. The van der Waals surface area contributed by atoms with Crippen molar-refractivity contribution in [3.05, 3.63) is 34.1 Å². The summed E-state index contributed by atoms with van der Waals surface area (Å²) < 4.78 is 20.0. The molecule has 0 spiro atoms. The minimum absolute atomic E-state index is 0.190. The zero-order valence-corrected chi connectivity index (χ0v) is 16.9. The third kappa shape index (κ3) is 6.94. The Morgan fingerprint density at radius 1 is 1.44 bits per heavy atom. The summed E-state index contributed by atoms with van der Waals surface area (Å²) in [5.74, 6) is 0.269. The number of nitrogens with zero attached hydrogens (tertiary/aromatic N) is 1. The van der Waals surface area contributed by atoms with Gasteiger partial charge in [0.2, 0.25) is 0 Å². The largest absolute Gasteiger partial charge is 0.444 e. The van der Waals surface area contributed by atoms with Crippen LogP contribution in [-0.2, 0) is 11.3 Å². The topological polar surface area (TPSA) is 41.6 Å². The third-order valence-corrected chi connectivity index (χ3v) is 4.72. The van der Waals surface area contributed by atoms with Gasteiger partial charge in [-0.25, -0.2) is 9.18 Å². The number of carbonyl (C=O) groups is 1. The van der Waals surface area contributed by atoms with Gasteiger partial charge in [0.05, 0.1) is 0 Å². The van der Waals surface area contributed by atoms with Gasteiger partial charge in [0.25, 0.3) is 0 Å². The SMILES string of the molecule is CC(C)(C)OC(=O)N1CCCC(CCNCc2cc(Br)ccc2F)C1. The van der Waals surface area contributed by atoms with Crippen molar-refractivity contribution in [3.63, 3.8) is 0 Å². The summed E-state index contributed by atoms with van der Waals surface area (Å²) >= 11 is 3.36. The molecule has 0 radical (unpaired) electrons. The highest BCUT2D eigenvalue weighted by molar-refractivity contribution is 9.10. The summed E-state index contributed by atoms with van der Waals surface area (Å²) in [6.07, 6.45) is 2.87. The molecule has 1 aliphatic heterocycles. The van der Waals surface area contributed by atoms with Gasteiger partial charge in [-0.2, -0.15) is 0 Å². The number of likely N-dealkylation sites (tertiary alicyclic amines) is 1. The Bertz CT molecular complexity index is 589. The molecule has 1 aromatic carbocycles. The van der Waals surface area contributed by atoms with Crippen molar-refractivity contribution in [1.82, 2.24) is 10.2 Å². The number of carbonyl (C=O) groups excluding carboxylic acids is 1. The highest BCUT2D eigenvalue weighted by atomic mass is 79.9. The molecule has 0 saturated carbocycles. The van der Waals surface area contributed by atoms with Crippen molar-refractivity contribution >= 4 is 22.0 Å². The van der Waals surface area contributed by atoms with E-state index in [2.05, 4.69) is 21.2 Å². The molecule has 1 atom stereocenters. The molecule has 1 unspecified atom stereocenters. The Labute approximate surface area is 158 Å². The Hall–Kier alpha value is -1.14. The van der Waals surface area contributed by atoms with Crippen LogP contribution in [0.2, 0.25) is 0 Å². The van der Waals surface area contributed by atoms with Gasteiger partial charge < -0.3 is 15.0 Å². The van der Waals surface area contributed by atoms with Crippen LogP contribution in [0, 0.1) is 11.7 Å². The van der Waals surface area contributed by atoms with E-state index < -0.39 is 5.60 Å². The Morgan fingerprint density at radius 2 is 2.20 bits per heavy atom. The second-order valence-electron chi connectivity index (χ2n) is 7.64. The maximum atomic E-state index is 13.7. The zero-order valence-electron chi connectivity index (χ0n) is 15.3. The molecule has 0 aliphatic carbocycles. The average Bonchev–Trinajstić information content (AvgIpc) is 2.53. The summed E-state index contributed by atoms with van der Waals surface area (Å²) in [4.78, 5) is 14.0. The van der Waals surface area contributed by atoms with Gasteiger partial charge >= 0.3 is 6.09 Å². The van der Waals surface area contributed by atoms with E-state index in [9.17, 15) is 9.18 Å². The summed E-state index contributed by atoms with van der Waals surface area (Å²) in [7, 11) is 0. The van der Waals surface area contributed by atoms with Gasteiger partial charge in [-0.3, -0.25) is 0 Å². The van der Waals surface area contributed by atoms with Crippen molar-refractivity contribution in [2.45, 2.75) is 52.2 Å². The first-order valence-electron chi connectivity index (χ1n) is 8.87. The first-order chi connectivity index (χ1) is 11.7. The molecule has 1 aromatic rings. The van der Waals surface area contributed by atoms with Gasteiger partial charge in [-0.15, -0.1) is 0 Å². The van der Waals surface area contributed by atoms with Crippen molar-refractivity contribution in [2.75, 3.05) is 19.6 Å². The van der Waals surface area contributed by atoms with Crippen molar-refractivity contribution < 1.29 is 13.9 Å². The molecule has 0 aromatic heterocycles. The molecular formula is C19H28BrFN2O2. The van der Waals surface area contributed by atoms with Crippen LogP contribution in [0.5, 0.6) is 0 Å². The fraction of sp³-hybridized carbons (Fsp3) is 0.632.